The molecule has 68 valence electrons. The van der Waals surface area contributed by atoms with Gasteiger partial charge in [-0.05, 0) is 25.2 Å². The Morgan fingerprint density at radius 3 is 2.58 bits per heavy atom. The predicted molar refractivity (Wildman–Crippen MR) is 48.3 cm³/mol. The van der Waals surface area contributed by atoms with E-state index >= 15 is 0 Å². The molecule has 0 bridgehead atoms. The van der Waals surface area contributed by atoms with E-state index < -0.39 is 0 Å². The molecule has 0 saturated heterocycles. The molecule has 0 aliphatic heterocycles. The molecule has 0 saturated carbocycles. The normalized spacial score (nSPS) is 19.8. The topological polar surface area (TPSA) is 69.1 Å². The maximum Gasteiger partial charge on any atom is 0.217 e. The van der Waals surface area contributed by atoms with Crippen LogP contribution in [-0.2, 0) is 4.79 Å². The molecule has 12 heavy (non-hydrogen) atoms. The number of rotatable bonds is 4. The van der Waals surface area contributed by atoms with Gasteiger partial charge in [-0.2, -0.15) is 0 Å². The first-order valence-corrected chi connectivity index (χ1v) is 4.39. The van der Waals surface area contributed by atoms with Crippen molar-refractivity contribution in [3.63, 3.8) is 0 Å². The zero-order chi connectivity index (χ0) is 8.97. The van der Waals surface area contributed by atoms with Crippen molar-refractivity contribution in [2.75, 3.05) is 0 Å². The zero-order valence-electron chi connectivity index (χ0n) is 7.20. The lowest BCUT2D eigenvalue weighted by Crippen LogP contribution is -2.30. The lowest BCUT2D eigenvalue weighted by atomic mass is 9.94. The fourth-order valence-corrected chi connectivity index (χ4v) is 1.53. The van der Waals surface area contributed by atoms with Gasteiger partial charge >= 0.3 is 0 Å². The van der Waals surface area contributed by atoms with E-state index in [-0.39, 0.29) is 11.9 Å². The van der Waals surface area contributed by atoms with Crippen molar-refractivity contribution < 1.29 is 4.79 Å². The van der Waals surface area contributed by atoms with Crippen LogP contribution < -0.4 is 11.5 Å². The van der Waals surface area contributed by atoms with E-state index in [0.717, 1.165) is 19.3 Å². The third kappa shape index (κ3) is 2.66. The van der Waals surface area contributed by atoms with Crippen molar-refractivity contribution in [2.24, 2.45) is 17.4 Å². The van der Waals surface area contributed by atoms with Gasteiger partial charge in [0.25, 0.3) is 0 Å². The molecular formula is C9H16N2O. The first-order chi connectivity index (χ1) is 5.70. The number of primary amides is 1. The van der Waals surface area contributed by atoms with Crippen molar-refractivity contribution >= 4 is 5.91 Å². The number of hydrogen-bond donors (Lipinski definition) is 2. The number of carbonyl (C=O) groups is 1. The van der Waals surface area contributed by atoms with Gasteiger partial charge in [0.2, 0.25) is 5.91 Å². The Balaban J connectivity index is 2.19. The van der Waals surface area contributed by atoms with Gasteiger partial charge < -0.3 is 11.5 Å². The molecule has 1 rings (SSSR count). The van der Waals surface area contributed by atoms with Crippen LogP contribution in [-0.4, -0.2) is 11.9 Å². The summed E-state index contributed by atoms with van der Waals surface area (Å²) in [6, 6.07) is 0.132. The minimum absolute atomic E-state index is 0.132. The second-order valence-electron chi connectivity index (χ2n) is 3.37. The molecule has 0 heterocycles. The summed E-state index contributed by atoms with van der Waals surface area (Å²) in [5.74, 6) is 0.278. The van der Waals surface area contributed by atoms with Crippen LogP contribution in [0.5, 0.6) is 0 Å². The number of carbonyl (C=O) groups excluding carboxylic acids is 1. The summed E-state index contributed by atoms with van der Waals surface area (Å²) in [7, 11) is 0. The Hall–Kier alpha value is -0.830. The molecule has 0 fully saturated rings. The lowest BCUT2D eigenvalue weighted by molar-refractivity contribution is -0.118. The highest BCUT2D eigenvalue weighted by molar-refractivity contribution is 5.73. The van der Waals surface area contributed by atoms with Crippen LogP contribution >= 0.6 is 0 Å². The zero-order valence-corrected chi connectivity index (χ0v) is 7.20. The Labute approximate surface area is 72.8 Å². The highest BCUT2D eigenvalue weighted by Crippen LogP contribution is 2.22. The molecule has 1 unspecified atom stereocenters. The number of hydrogen-bond acceptors (Lipinski definition) is 2. The van der Waals surface area contributed by atoms with Crippen molar-refractivity contribution in [1.29, 1.82) is 0 Å². The highest BCUT2D eigenvalue weighted by Gasteiger charge is 2.18. The Kier molecular flexibility index (Phi) is 3.29. The molecule has 0 spiro atoms. The predicted octanol–water partition coefficient (Wildman–Crippen LogP) is 0.545. The molecule has 0 aromatic carbocycles. The van der Waals surface area contributed by atoms with Crippen molar-refractivity contribution in [1.82, 2.24) is 0 Å². The van der Waals surface area contributed by atoms with Gasteiger partial charge in [-0.3, -0.25) is 4.79 Å². The third-order valence-corrected chi connectivity index (χ3v) is 2.37. The molecule has 4 N–H and O–H groups in total. The summed E-state index contributed by atoms with van der Waals surface area (Å²) in [5.41, 5.74) is 10.9. The summed E-state index contributed by atoms with van der Waals surface area (Å²) in [6.07, 6.45) is 7.54. The Morgan fingerprint density at radius 1 is 1.50 bits per heavy atom. The first-order valence-electron chi connectivity index (χ1n) is 4.39. The average Bonchev–Trinajstić information content (AvgIpc) is 2.51. The first kappa shape index (κ1) is 9.26. The van der Waals surface area contributed by atoms with E-state index in [1.165, 1.54) is 0 Å². The molecule has 1 aliphatic rings. The fraction of sp³-hybridized carbons (Fsp3) is 0.667. The standard InChI is InChI=1S/C9H16N2O/c10-8(5-6-9(11)12)7-3-1-2-4-7/h1-2,7-8H,3-6,10H2,(H2,11,12). The van der Waals surface area contributed by atoms with Crippen LogP contribution in [0.1, 0.15) is 25.7 Å². The smallest absolute Gasteiger partial charge is 0.217 e. The van der Waals surface area contributed by atoms with Crippen molar-refractivity contribution in [3.05, 3.63) is 12.2 Å². The minimum atomic E-state index is -0.253. The average molecular weight is 168 g/mol. The number of allylic oxidation sites excluding steroid dienone is 2. The number of nitrogens with two attached hydrogens (primary N) is 2. The van der Waals surface area contributed by atoms with Gasteiger partial charge in [0.15, 0.2) is 0 Å². The maximum absolute atomic E-state index is 10.5. The van der Waals surface area contributed by atoms with E-state index in [1.54, 1.807) is 0 Å². The molecule has 0 aromatic rings. The van der Waals surface area contributed by atoms with E-state index in [0.29, 0.717) is 12.3 Å². The quantitative estimate of drug-likeness (QED) is 0.602. The third-order valence-electron chi connectivity index (χ3n) is 2.37. The molecule has 3 heteroatoms. The monoisotopic (exact) mass is 168 g/mol. The van der Waals surface area contributed by atoms with Crippen molar-refractivity contribution in [2.45, 2.75) is 31.7 Å². The van der Waals surface area contributed by atoms with Gasteiger partial charge in [-0.25, -0.2) is 0 Å². The van der Waals surface area contributed by atoms with Crippen LogP contribution in [0.3, 0.4) is 0 Å². The van der Waals surface area contributed by atoms with Gasteiger partial charge in [0, 0.05) is 12.5 Å². The summed E-state index contributed by atoms with van der Waals surface area (Å²) in [6.45, 7) is 0. The van der Waals surface area contributed by atoms with Crippen molar-refractivity contribution in [3.8, 4) is 0 Å². The minimum Gasteiger partial charge on any atom is -0.370 e. The molecule has 0 radical (unpaired) electrons. The molecule has 1 aliphatic carbocycles. The van der Waals surface area contributed by atoms with Crippen LogP contribution in [0.4, 0.5) is 0 Å². The van der Waals surface area contributed by atoms with Crippen LogP contribution in [0.15, 0.2) is 12.2 Å². The van der Waals surface area contributed by atoms with Gasteiger partial charge in [0.1, 0.15) is 0 Å². The molecule has 1 amide bonds. The highest BCUT2D eigenvalue weighted by atomic mass is 16.1. The van der Waals surface area contributed by atoms with Gasteiger partial charge in [0.05, 0.1) is 0 Å². The molecule has 3 nitrogen and oxygen atoms in total. The summed E-state index contributed by atoms with van der Waals surface area (Å²) >= 11 is 0. The largest absolute Gasteiger partial charge is 0.370 e. The Morgan fingerprint density at radius 2 is 2.08 bits per heavy atom. The fourth-order valence-electron chi connectivity index (χ4n) is 1.53. The SMILES string of the molecule is NC(=O)CCC(N)C1CC=CC1. The Bertz CT molecular complexity index is 181. The van der Waals surface area contributed by atoms with E-state index in [1.807, 2.05) is 0 Å². The molecule has 1 atom stereocenters. The lowest BCUT2D eigenvalue weighted by Gasteiger charge is -2.17. The summed E-state index contributed by atoms with van der Waals surface area (Å²) in [5, 5.41) is 0. The van der Waals surface area contributed by atoms with Crippen LogP contribution in [0.25, 0.3) is 0 Å². The van der Waals surface area contributed by atoms with E-state index in [4.69, 9.17) is 11.5 Å². The molecular weight excluding hydrogens is 152 g/mol. The summed E-state index contributed by atoms with van der Waals surface area (Å²) < 4.78 is 0. The maximum atomic E-state index is 10.5. The van der Waals surface area contributed by atoms with Crippen LogP contribution in [0.2, 0.25) is 0 Å². The van der Waals surface area contributed by atoms with E-state index in [9.17, 15) is 4.79 Å². The van der Waals surface area contributed by atoms with Crippen LogP contribution in [0, 0.1) is 5.92 Å². The van der Waals surface area contributed by atoms with Gasteiger partial charge in [-0.1, -0.05) is 12.2 Å². The van der Waals surface area contributed by atoms with E-state index in [2.05, 4.69) is 12.2 Å². The molecule has 0 aromatic heterocycles. The summed E-state index contributed by atoms with van der Waals surface area (Å²) in [4.78, 5) is 10.5. The second-order valence-corrected chi connectivity index (χ2v) is 3.37. The number of amides is 1. The van der Waals surface area contributed by atoms with Gasteiger partial charge in [-0.15, -0.1) is 0 Å². The second kappa shape index (κ2) is 4.26.